The van der Waals surface area contributed by atoms with Crippen molar-refractivity contribution in [3.8, 4) is 0 Å². The lowest BCUT2D eigenvalue weighted by Crippen LogP contribution is -2.45. The van der Waals surface area contributed by atoms with Crippen LogP contribution in [0.25, 0.3) is 0 Å². The van der Waals surface area contributed by atoms with Gasteiger partial charge in [0.05, 0.1) is 34.7 Å². The third kappa shape index (κ3) is 4.89. The summed E-state index contributed by atoms with van der Waals surface area (Å²) in [4.78, 5) is 17.1. The van der Waals surface area contributed by atoms with Crippen molar-refractivity contribution < 1.29 is 21.6 Å². The third-order valence-electron chi connectivity index (χ3n) is 7.40. The van der Waals surface area contributed by atoms with Crippen molar-refractivity contribution in [1.82, 2.24) is 19.6 Å². The minimum atomic E-state index is -2.99. The van der Waals surface area contributed by atoms with Crippen LogP contribution >= 0.6 is 0 Å². The Hall–Kier alpha value is -1.46. The van der Waals surface area contributed by atoms with Crippen molar-refractivity contribution in [3.63, 3.8) is 0 Å². The van der Waals surface area contributed by atoms with Gasteiger partial charge in [0.15, 0.2) is 19.7 Å². The maximum Gasteiger partial charge on any atom is 0.225 e. The van der Waals surface area contributed by atoms with Gasteiger partial charge in [-0.05, 0) is 52.6 Å². The molecule has 4 rings (SSSR count). The molecule has 0 aliphatic carbocycles. The van der Waals surface area contributed by atoms with Gasteiger partial charge in [-0.15, -0.1) is 0 Å². The van der Waals surface area contributed by atoms with E-state index in [1.165, 1.54) is 0 Å². The zero-order chi connectivity index (χ0) is 23.3. The van der Waals surface area contributed by atoms with Crippen LogP contribution in [0.1, 0.15) is 48.7 Å². The molecule has 180 valence electrons. The molecule has 0 saturated carbocycles. The van der Waals surface area contributed by atoms with Gasteiger partial charge in [0.1, 0.15) is 0 Å². The summed E-state index contributed by atoms with van der Waals surface area (Å²) in [6.07, 6.45) is 2.78. The summed E-state index contributed by atoms with van der Waals surface area (Å²) in [5.41, 5.74) is 2.75. The second-order valence-electron chi connectivity index (χ2n) is 9.71. The van der Waals surface area contributed by atoms with Crippen LogP contribution in [0.15, 0.2) is 0 Å². The lowest BCUT2D eigenvalue weighted by Gasteiger charge is -2.36. The van der Waals surface area contributed by atoms with Gasteiger partial charge in [0.2, 0.25) is 5.91 Å². The molecule has 1 amide bonds. The number of nitrogens with zero attached hydrogens (tertiary/aromatic N) is 4. The number of amides is 1. The van der Waals surface area contributed by atoms with Gasteiger partial charge in [-0.3, -0.25) is 14.4 Å². The first-order valence-electron chi connectivity index (χ1n) is 11.4. The normalized spacial score (nSPS) is 28.2. The lowest BCUT2D eigenvalue weighted by molar-refractivity contribution is -0.136. The van der Waals surface area contributed by atoms with E-state index in [1.807, 2.05) is 25.6 Å². The minimum Gasteiger partial charge on any atom is -0.341 e. The Kier molecular flexibility index (Phi) is 6.45. The highest BCUT2D eigenvalue weighted by molar-refractivity contribution is 7.91. The van der Waals surface area contributed by atoms with Gasteiger partial charge in [0, 0.05) is 36.8 Å². The average Bonchev–Trinajstić information content (AvgIpc) is 3.37. The molecule has 11 heteroatoms. The number of aromatic nitrogens is 2. The summed E-state index contributed by atoms with van der Waals surface area (Å²) in [5.74, 6) is 0.914. The van der Waals surface area contributed by atoms with Gasteiger partial charge in [-0.25, -0.2) is 16.8 Å². The van der Waals surface area contributed by atoms with Crippen LogP contribution in [0.3, 0.4) is 0 Å². The number of piperidine rings is 1. The number of carbonyl (C=O) groups excluding carboxylic acids is 1. The molecule has 0 unspecified atom stereocenters. The van der Waals surface area contributed by atoms with Crippen molar-refractivity contribution in [2.75, 3.05) is 43.1 Å². The van der Waals surface area contributed by atoms with Crippen LogP contribution in [-0.4, -0.2) is 91.5 Å². The van der Waals surface area contributed by atoms with E-state index in [1.54, 1.807) is 4.90 Å². The number of hydrogen-bond donors (Lipinski definition) is 0. The molecule has 3 aliphatic rings. The number of rotatable bonds is 5. The largest absolute Gasteiger partial charge is 0.341 e. The van der Waals surface area contributed by atoms with E-state index in [0.29, 0.717) is 19.4 Å². The van der Waals surface area contributed by atoms with Gasteiger partial charge in [-0.1, -0.05) is 0 Å². The molecule has 4 heterocycles. The van der Waals surface area contributed by atoms with Gasteiger partial charge >= 0.3 is 0 Å². The third-order valence-corrected chi connectivity index (χ3v) is 10.9. The molecule has 32 heavy (non-hydrogen) atoms. The minimum absolute atomic E-state index is 0.0510. The van der Waals surface area contributed by atoms with E-state index in [9.17, 15) is 21.6 Å². The van der Waals surface area contributed by atoms with Crippen LogP contribution in [0.4, 0.5) is 0 Å². The van der Waals surface area contributed by atoms with E-state index < -0.39 is 19.7 Å². The Labute approximate surface area is 191 Å². The van der Waals surface area contributed by atoms with E-state index in [0.717, 1.165) is 42.9 Å². The van der Waals surface area contributed by atoms with Crippen LogP contribution in [0.2, 0.25) is 0 Å². The number of aryl methyl sites for hydroxylation is 1. The molecule has 1 aromatic rings. The molecule has 0 N–H and O–H groups in total. The van der Waals surface area contributed by atoms with Crippen LogP contribution in [0, 0.1) is 19.8 Å². The molecule has 3 saturated heterocycles. The van der Waals surface area contributed by atoms with Crippen LogP contribution in [0.5, 0.6) is 0 Å². The van der Waals surface area contributed by atoms with Crippen molar-refractivity contribution in [2.45, 2.75) is 58.2 Å². The number of likely N-dealkylation sites (tertiary alicyclic amines) is 1. The molecule has 2 atom stereocenters. The summed E-state index contributed by atoms with van der Waals surface area (Å²) in [6.45, 7) is 5.84. The summed E-state index contributed by atoms with van der Waals surface area (Å²) >= 11 is 0. The van der Waals surface area contributed by atoms with E-state index in [2.05, 4.69) is 10.00 Å². The molecule has 1 aromatic heterocycles. The van der Waals surface area contributed by atoms with Crippen molar-refractivity contribution in [3.05, 3.63) is 17.0 Å². The van der Waals surface area contributed by atoms with Crippen molar-refractivity contribution in [1.29, 1.82) is 0 Å². The first-order chi connectivity index (χ1) is 15.0. The smallest absolute Gasteiger partial charge is 0.225 e. The van der Waals surface area contributed by atoms with Crippen LogP contribution < -0.4 is 0 Å². The summed E-state index contributed by atoms with van der Waals surface area (Å²) in [5, 5.41) is 4.61. The zero-order valence-electron chi connectivity index (χ0n) is 19.2. The number of carbonyl (C=O) groups is 1. The first kappa shape index (κ1) is 23.7. The van der Waals surface area contributed by atoms with Gasteiger partial charge in [0.25, 0.3) is 0 Å². The Morgan fingerprint density at radius 3 is 2.06 bits per heavy atom. The van der Waals surface area contributed by atoms with Gasteiger partial charge < -0.3 is 4.90 Å². The summed E-state index contributed by atoms with van der Waals surface area (Å²) in [7, 11) is -4.08. The highest BCUT2D eigenvalue weighted by atomic mass is 32.2. The Morgan fingerprint density at radius 1 is 0.969 bits per heavy atom. The van der Waals surface area contributed by atoms with Gasteiger partial charge in [-0.2, -0.15) is 5.10 Å². The maximum atomic E-state index is 13.1. The SMILES string of the molecule is Cc1nn([C@H]2CCS(=O)(=O)C2)c(C)c1CN(C)C(=O)C1CCN([C@@H]2CCS(=O)(=O)C2)CC1. The first-order valence-corrected chi connectivity index (χ1v) is 15.0. The van der Waals surface area contributed by atoms with E-state index in [4.69, 9.17) is 0 Å². The highest BCUT2D eigenvalue weighted by Gasteiger charge is 2.36. The van der Waals surface area contributed by atoms with Crippen molar-refractivity contribution in [2.24, 2.45) is 5.92 Å². The van der Waals surface area contributed by atoms with E-state index >= 15 is 0 Å². The molecular weight excluding hydrogens is 452 g/mol. The molecular formula is C21H34N4O5S2. The fourth-order valence-electron chi connectivity index (χ4n) is 5.45. The Bertz CT molecular complexity index is 1090. The Morgan fingerprint density at radius 2 is 1.53 bits per heavy atom. The molecule has 0 spiro atoms. The topological polar surface area (TPSA) is 110 Å². The summed E-state index contributed by atoms with van der Waals surface area (Å²) < 4.78 is 49.1. The molecule has 0 aromatic carbocycles. The monoisotopic (exact) mass is 486 g/mol. The molecule has 3 aliphatic heterocycles. The predicted molar refractivity (Wildman–Crippen MR) is 122 cm³/mol. The average molecular weight is 487 g/mol. The Balaban J connectivity index is 1.35. The molecule has 9 nitrogen and oxygen atoms in total. The van der Waals surface area contributed by atoms with Crippen LogP contribution in [-0.2, 0) is 31.0 Å². The lowest BCUT2D eigenvalue weighted by atomic mass is 9.94. The zero-order valence-corrected chi connectivity index (χ0v) is 20.8. The highest BCUT2D eigenvalue weighted by Crippen LogP contribution is 2.29. The number of hydrogen-bond acceptors (Lipinski definition) is 7. The maximum absolute atomic E-state index is 13.1. The summed E-state index contributed by atoms with van der Waals surface area (Å²) in [6, 6.07) is -0.0264. The molecule has 3 fully saturated rings. The fourth-order valence-corrected chi connectivity index (χ4v) is 8.90. The number of sulfone groups is 2. The second-order valence-corrected chi connectivity index (χ2v) is 14.2. The fraction of sp³-hybridized carbons (Fsp3) is 0.810. The predicted octanol–water partition coefficient (Wildman–Crippen LogP) is 0.717. The van der Waals surface area contributed by atoms with Crippen molar-refractivity contribution >= 4 is 25.6 Å². The quantitative estimate of drug-likeness (QED) is 0.603. The molecule has 0 radical (unpaired) electrons. The molecule has 0 bridgehead atoms. The second kappa shape index (κ2) is 8.72. The standard InChI is InChI=1S/C21H34N4O5S2/c1-15-20(16(2)25(22-15)19-7-11-32(29,30)14-19)12-23(3)21(26)17-4-8-24(9-5-17)18-6-10-31(27,28)13-18/h17-19H,4-14H2,1-3H3/t18-,19+/m1/s1. The van der Waals surface area contributed by atoms with E-state index in [-0.39, 0.29) is 46.9 Å².